The average Bonchev–Trinajstić information content (AvgIpc) is 3.06. The summed E-state index contributed by atoms with van der Waals surface area (Å²) in [7, 11) is 3.18. The van der Waals surface area contributed by atoms with Crippen LogP contribution < -0.4 is 23.3 Å². The van der Waals surface area contributed by atoms with E-state index in [1.54, 1.807) is 14.2 Å². The molecule has 1 aromatic heterocycles. The molecule has 1 aliphatic rings. The molecule has 0 N–H and O–H groups in total. The van der Waals surface area contributed by atoms with Crippen LogP contribution in [0.5, 0.6) is 11.5 Å². The number of nitrogens with zero attached hydrogens (tertiary/aromatic N) is 2. The molecule has 8 heteroatoms. The van der Waals surface area contributed by atoms with Gasteiger partial charge in [0.05, 0.1) is 7.11 Å². The van der Waals surface area contributed by atoms with Crippen LogP contribution in [-0.2, 0) is 6.18 Å². The fourth-order valence-corrected chi connectivity index (χ4v) is 8.07. The molecular weight excluding hydrogens is 640 g/mol. The van der Waals surface area contributed by atoms with Gasteiger partial charge in [0, 0.05) is 0 Å². The average molecular weight is 668 g/mol. The fraction of sp³-hybridized carbons (Fsp3) is 0.108. The van der Waals surface area contributed by atoms with E-state index in [2.05, 4.69) is 60.4 Å². The molecular formula is C37H27F3N2O2Se. The van der Waals surface area contributed by atoms with Gasteiger partial charge in [-0.3, -0.25) is 0 Å². The van der Waals surface area contributed by atoms with Crippen LogP contribution in [0, 0.1) is 6.92 Å². The van der Waals surface area contributed by atoms with Crippen molar-refractivity contribution in [2.75, 3.05) is 19.1 Å². The number of ether oxygens (including phenoxy) is 2. The summed E-state index contributed by atoms with van der Waals surface area (Å²) in [6.45, 7) is 2.05. The molecule has 5 aromatic carbocycles. The second kappa shape index (κ2) is 11.3. The Morgan fingerprint density at radius 3 is 1.91 bits per heavy atom. The molecule has 0 atom stereocenters. The summed E-state index contributed by atoms with van der Waals surface area (Å²) in [6.07, 6.45) is -4.43. The van der Waals surface area contributed by atoms with Crippen molar-refractivity contribution in [3.8, 4) is 33.9 Å². The van der Waals surface area contributed by atoms with E-state index in [4.69, 9.17) is 14.5 Å². The number of pyridine rings is 1. The number of fused-ring (bicyclic) bond motifs is 3. The molecule has 1 aliphatic heterocycles. The zero-order valence-corrected chi connectivity index (χ0v) is 26.4. The van der Waals surface area contributed by atoms with E-state index in [0.29, 0.717) is 22.8 Å². The topological polar surface area (TPSA) is 34.6 Å². The van der Waals surface area contributed by atoms with Gasteiger partial charge in [0.2, 0.25) is 0 Å². The third-order valence-corrected chi connectivity index (χ3v) is 10.4. The van der Waals surface area contributed by atoms with Crippen molar-refractivity contribution in [1.82, 2.24) is 4.98 Å². The van der Waals surface area contributed by atoms with Crippen molar-refractivity contribution in [1.29, 1.82) is 0 Å². The number of hydrogen-bond acceptors (Lipinski definition) is 4. The number of aromatic nitrogens is 1. The van der Waals surface area contributed by atoms with Gasteiger partial charge in [0.1, 0.15) is 0 Å². The second-order valence-electron chi connectivity index (χ2n) is 10.7. The fourth-order valence-electron chi connectivity index (χ4n) is 5.85. The molecule has 45 heavy (non-hydrogen) atoms. The maximum atomic E-state index is 13.5. The van der Waals surface area contributed by atoms with E-state index in [0.717, 1.165) is 56.8 Å². The quantitative estimate of drug-likeness (QED) is 0.173. The molecule has 6 aromatic rings. The Balaban J connectivity index is 1.54. The van der Waals surface area contributed by atoms with Gasteiger partial charge in [-0.05, 0) is 0 Å². The van der Waals surface area contributed by atoms with Crippen molar-refractivity contribution in [3.05, 3.63) is 120 Å². The Bertz CT molecular complexity index is 2030. The number of rotatable bonds is 5. The first-order valence-corrected chi connectivity index (χ1v) is 16.0. The third kappa shape index (κ3) is 5.10. The molecule has 0 unspecified atom stereocenters. The molecule has 0 radical (unpaired) electrons. The summed E-state index contributed by atoms with van der Waals surface area (Å²) in [5.74, 6) is 1.18. The molecule has 0 saturated heterocycles. The summed E-state index contributed by atoms with van der Waals surface area (Å²) < 4.78 is 54.0. The van der Waals surface area contributed by atoms with Gasteiger partial charge in [-0.1, -0.05) is 0 Å². The van der Waals surface area contributed by atoms with Crippen molar-refractivity contribution < 1.29 is 22.6 Å². The molecule has 0 amide bonds. The van der Waals surface area contributed by atoms with Crippen LogP contribution >= 0.6 is 0 Å². The Hall–Kier alpha value is -4.78. The van der Waals surface area contributed by atoms with Crippen molar-refractivity contribution in [2.45, 2.75) is 13.1 Å². The number of halogens is 3. The van der Waals surface area contributed by atoms with E-state index in [1.165, 1.54) is 21.1 Å². The first-order valence-electron chi connectivity index (χ1n) is 14.3. The summed E-state index contributed by atoms with van der Waals surface area (Å²) >= 11 is 0.133. The third-order valence-electron chi connectivity index (χ3n) is 8.02. The number of methoxy groups -OCH3 is 2. The van der Waals surface area contributed by atoms with Crippen molar-refractivity contribution in [2.24, 2.45) is 0 Å². The van der Waals surface area contributed by atoms with E-state index >= 15 is 0 Å². The number of hydrogen-bond donors (Lipinski definition) is 0. The summed E-state index contributed by atoms with van der Waals surface area (Å²) in [5, 5.41) is 0.946. The Kier molecular flexibility index (Phi) is 7.27. The van der Waals surface area contributed by atoms with Crippen LogP contribution in [0.2, 0.25) is 0 Å². The van der Waals surface area contributed by atoms with Crippen LogP contribution in [0.3, 0.4) is 0 Å². The number of anilines is 3. The Morgan fingerprint density at radius 1 is 0.667 bits per heavy atom. The van der Waals surface area contributed by atoms with E-state index in [1.807, 2.05) is 36.4 Å². The maximum absolute atomic E-state index is 13.5. The summed E-state index contributed by atoms with van der Waals surface area (Å²) in [4.78, 5) is 7.47. The van der Waals surface area contributed by atoms with Crippen LogP contribution in [0.4, 0.5) is 30.2 Å². The van der Waals surface area contributed by atoms with Gasteiger partial charge in [0.25, 0.3) is 0 Å². The standard InChI is InChI=1S/C37H27F3N2O2Se/c1-22-12-18-30(42-28-8-4-6-10-33(28)45-34-11-7-5-9-29(34)42)36-35(22)26(24-15-19-31(43-2)32(20-24)44-3)21-27(41-36)23-13-16-25(17-14-23)37(38,39)40/h4-21H,1-3H3. The SMILES string of the molecule is COc1ccc(-c2cc(-c3ccc(C(F)(F)F)cc3)nc3c(N4c5ccccc5[Se]c5ccccc54)ccc(C)c23)cc1OC. The van der Waals surface area contributed by atoms with Gasteiger partial charge < -0.3 is 0 Å². The predicted molar refractivity (Wildman–Crippen MR) is 175 cm³/mol. The Labute approximate surface area is 265 Å². The summed E-state index contributed by atoms with van der Waals surface area (Å²) in [5.41, 5.74) is 7.05. The van der Waals surface area contributed by atoms with Gasteiger partial charge in [-0.25, -0.2) is 0 Å². The van der Waals surface area contributed by atoms with Crippen molar-refractivity contribution in [3.63, 3.8) is 0 Å². The number of para-hydroxylation sites is 2. The number of benzene rings is 5. The van der Waals surface area contributed by atoms with Crippen LogP contribution in [0.15, 0.2) is 109 Å². The zero-order chi connectivity index (χ0) is 31.3. The van der Waals surface area contributed by atoms with Crippen LogP contribution in [0.1, 0.15) is 11.1 Å². The minimum atomic E-state index is -4.43. The molecule has 224 valence electrons. The molecule has 4 nitrogen and oxygen atoms in total. The summed E-state index contributed by atoms with van der Waals surface area (Å²) in [6, 6.07) is 33.9. The molecule has 0 saturated carbocycles. The van der Waals surface area contributed by atoms with E-state index in [-0.39, 0.29) is 15.0 Å². The molecule has 0 bridgehead atoms. The molecule has 0 spiro atoms. The Morgan fingerprint density at radius 2 is 1.29 bits per heavy atom. The predicted octanol–water partition coefficient (Wildman–Crippen LogP) is 8.35. The zero-order valence-electron chi connectivity index (χ0n) is 24.6. The number of aryl methyl sites for hydroxylation is 1. The van der Waals surface area contributed by atoms with Gasteiger partial charge >= 0.3 is 246 Å². The first-order chi connectivity index (χ1) is 21.8. The molecule has 0 aliphatic carbocycles. The van der Waals surface area contributed by atoms with Gasteiger partial charge in [-0.15, -0.1) is 0 Å². The van der Waals surface area contributed by atoms with Crippen molar-refractivity contribution >= 4 is 51.8 Å². The normalized spacial score (nSPS) is 12.5. The van der Waals surface area contributed by atoms with Gasteiger partial charge in [0.15, 0.2) is 0 Å². The molecule has 0 fully saturated rings. The molecule has 7 rings (SSSR count). The monoisotopic (exact) mass is 668 g/mol. The van der Waals surface area contributed by atoms with E-state index < -0.39 is 11.7 Å². The minimum absolute atomic E-state index is 0.133. The van der Waals surface area contributed by atoms with Crippen LogP contribution in [0.25, 0.3) is 33.3 Å². The van der Waals surface area contributed by atoms with Crippen LogP contribution in [-0.4, -0.2) is 34.2 Å². The second-order valence-corrected chi connectivity index (χ2v) is 13.0. The van der Waals surface area contributed by atoms with Gasteiger partial charge in [-0.2, -0.15) is 13.2 Å². The number of alkyl halides is 3. The molecule has 2 heterocycles. The first kappa shape index (κ1) is 29.0. The van der Waals surface area contributed by atoms with E-state index in [9.17, 15) is 13.2 Å².